The summed E-state index contributed by atoms with van der Waals surface area (Å²) in [4.78, 5) is 19.1. The number of carbonyl (C=O) groups excluding carboxylic acids is 1. The van der Waals surface area contributed by atoms with Crippen LogP contribution in [0.25, 0.3) is 0 Å². The van der Waals surface area contributed by atoms with Crippen molar-refractivity contribution in [3.8, 4) is 0 Å². The van der Waals surface area contributed by atoms with Crippen LogP contribution in [0.3, 0.4) is 0 Å². The smallest absolute Gasteiger partial charge is 0.254 e. The molecule has 0 aliphatic carbocycles. The van der Waals surface area contributed by atoms with Crippen LogP contribution in [0.2, 0.25) is 0 Å². The van der Waals surface area contributed by atoms with Gasteiger partial charge in [-0.25, -0.2) is 4.98 Å². The fourth-order valence-electron chi connectivity index (χ4n) is 3.66. The minimum Gasteiger partial charge on any atom is -0.360 e. The standard InChI is InChI=1S/C22H24N4O2/c1-16-13-21(25-28-16)24-20-15-19(7-10-23-20)22(27)26-11-8-18(9-12-26)14-17-5-3-2-4-6-17/h2-7,10,13,15,18H,8-9,11-12,14H2,1H3,(H,23,24,25). The van der Waals surface area contributed by atoms with Crippen LogP contribution in [0.4, 0.5) is 11.6 Å². The second-order valence-electron chi connectivity index (χ2n) is 7.30. The molecule has 1 saturated heterocycles. The number of pyridine rings is 1. The number of aromatic nitrogens is 2. The molecule has 3 heterocycles. The van der Waals surface area contributed by atoms with Crippen LogP contribution in [0.5, 0.6) is 0 Å². The van der Waals surface area contributed by atoms with Crippen LogP contribution < -0.4 is 5.32 Å². The summed E-state index contributed by atoms with van der Waals surface area (Å²) in [5, 5.41) is 6.97. The van der Waals surface area contributed by atoms with Gasteiger partial charge in [-0.1, -0.05) is 35.5 Å². The first kappa shape index (κ1) is 18.2. The maximum Gasteiger partial charge on any atom is 0.254 e. The third kappa shape index (κ3) is 4.39. The number of likely N-dealkylation sites (tertiary alicyclic amines) is 1. The number of amides is 1. The molecule has 3 aromatic rings. The monoisotopic (exact) mass is 376 g/mol. The molecule has 1 fully saturated rings. The SMILES string of the molecule is Cc1cc(Nc2cc(C(=O)N3CCC(Cc4ccccc4)CC3)ccn2)no1. The van der Waals surface area contributed by atoms with Crippen LogP contribution in [-0.4, -0.2) is 34.0 Å². The summed E-state index contributed by atoms with van der Waals surface area (Å²) in [7, 11) is 0. The first-order valence-electron chi connectivity index (χ1n) is 9.67. The van der Waals surface area contributed by atoms with E-state index >= 15 is 0 Å². The molecule has 28 heavy (non-hydrogen) atoms. The highest BCUT2D eigenvalue weighted by Crippen LogP contribution is 2.23. The van der Waals surface area contributed by atoms with Gasteiger partial charge in [0.1, 0.15) is 11.6 Å². The minimum absolute atomic E-state index is 0.0555. The van der Waals surface area contributed by atoms with E-state index in [2.05, 4.69) is 39.7 Å². The van der Waals surface area contributed by atoms with Gasteiger partial charge in [-0.05, 0) is 49.8 Å². The lowest BCUT2D eigenvalue weighted by Crippen LogP contribution is -2.38. The van der Waals surface area contributed by atoms with Crippen molar-refractivity contribution in [1.82, 2.24) is 15.0 Å². The molecule has 144 valence electrons. The van der Waals surface area contributed by atoms with Crippen molar-refractivity contribution in [3.05, 3.63) is 71.6 Å². The molecule has 0 saturated carbocycles. The topological polar surface area (TPSA) is 71.3 Å². The highest BCUT2D eigenvalue weighted by molar-refractivity contribution is 5.95. The predicted molar refractivity (Wildman–Crippen MR) is 108 cm³/mol. The lowest BCUT2D eigenvalue weighted by atomic mass is 9.90. The van der Waals surface area contributed by atoms with E-state index in [9.17, 15) is 4.79 Å². The third-order valence-electron chi connectivity index (χ3n) is 5.16. The molecule has 1 aliphatic rings. The van der Waals surface area contributed by atoms with Gasteiger partial charge in [0.15, 0.2) is 5.82 Å². The number of nitrogens with zero attached hydrogens (tertiary/aromatic N) is 3. The van der Waals surface area contributed by atoms with Crippen molar-refractivity contribution in [3.63, 3.8) is 0 Å². The van der Waals surface area contributed by atoms with E-state index in [1.54, 1.807) is 24.4 Å². The van der Waals surface area contributed by atoms with E-state index in [4.69, 9.17) is 4.52 Å². The zero-order valence-electron chi connectivity index (χ0n) is 16.0. The van der Waals surface area contributed by atoms with Gasteiger partial charge in [-0.15, -0.1) is 0 Å². The third-order valence-corrected chi connectivity index (χ3v) is 5.16. The number of piperidine rings is 1. The number of hydrogen-bond acceptors (Lipinski definition) is 5. The Morgan fingerprint density at radius 2 is 1.93 bits per heavy atom. The van der Waals surface area contributed by atoms with Gasteiger partial charge in [0.2, 0.25) is 0 Å². The summed E-state index contributed by atoms with van der Waals surface area (Å²) < 4.78 is 5.05. The zero-order valence-corrected chi connectivity index (χ0v) is 16.0. The first-order chi connectivity index (χ1) is 13.7. The van der Waals surface area contributed by atoms with E-state index in [0.717, 1.165) is 32.4 Å². The van der Waals surface area contributed by atoms with E-state index in [1.807, 2.05) is 17.9 Å². The maximum absolute atomic E-state index is 12.9. The summed E-state index contributed by atoms with van der Waals surface area (Å²) in [6.45, 7) is 3.42. The van der Waals surface area contributed by atoms with Crippen molar-refractivity contribution in [2.24, 2.45) is 5.92 Å². The Hall–Kier alpha value is -3.15. The Kier molecular flexibility index (Phi) is 5.37. The summed E-state index contributed by atoms with van der Waals surface area (Å²) in [6, 6.07) is 15.9. The van der Waals surface area contributed by atoms with Crippen molar-refractivity contribution >= 4 is 17.5 Å². The molecular formula is C22H24N4O2. The molecule has 6 nitrogen and oxygen atoms in total. The fraction of sp³-hybridized carbons (Fsp3) is 0.318. The highest BCUT2D eigenvalue weighted by atomic mass is 16.5. The summed E-state index contributed by atoms with van der Waals surface area (Å²) >= 11 is 0. The summed E-state index contributed by atoms with van der Waals surface area (Å²) in [6.07, 6.45) is 4.80. The summed E-state index contributed by atoms with van der Waals surface area (Å²) in [5.74, 6) is 2.57. The van der Waals surface area contributed by atoms with Gasteiger partial charge in [-0.2, -0.15) is 0 Å². The second-order valence-corrected chi connectivity index (χ2v) is 7.30. The molecule has 0 bridgehead atoms. The van der Waals surface area contributed by atoms with Crippen molar-refractivity contribution < 1.29 is 9.32 Å². The summed E-state index contributed by atoms with van der Waals surface area (Å²) in [5.41, 5.74) is 2.01. The van der Waals surface area contributed by atoms with Gasteiger partial charge in [0.25, 0.3) is 5.91 Å². The van der Waals surface area contributed by atoms with Crippen LogP contribution in [0, 0.1) is 12.8 Å². The van der Waals surface area contributed by atoms with Gasteiger partial charge in [0.05, 0.1) is 0 Å². The molecule has 1 aliphatic heterocycles. The van der Waals surface area contributed by atoms with E-state index in [0.29, 0.717) is 28.9 Å². The molecule has 0 radical (unpaired) electrons. The Labute approximate surface area is 164 Å². The van der Waals surface area contributed by atoms with E-state index in [1.165, 1.54) is 5.56 Å². The number of aryl methyl sites for hydroxylation is 1. The molecule has 1 amide bonds. The Bertz CT molecular complexity index is 930. The van der Waals surface area contributed by atoms with Crippen LogP contribution >= 0.6 is 0 Å². The number of benzene rings is 1. The predicted octanol–water partition coefficient (Wildman–Crippen LogP) is 4.22. The van der Waals surface area contributed by atoms with Crippen LogP contribution in [-0.2, 0) is 6.42 Å². The molecule has 6 heteroatoms. The Balaban J connectivity index is 1.35. The van der Waals surface area contributed by atoms with Gasteiger partial charge in [0, 0.05) is 30.9 Å². The average Bonchev–Trinajstić information content (AvgIpc) is 3.13. The van der Waals surface area contributed by atoms with Gasteiger partial charge in [-0.3, -0.25) is 4.79 Å². The lowest BCUT2D eigenvalue weighted by Gasteiger charge is -2.32. The number of hydrogen-bond donors (Lipinski definition) is 1. The molecule has 2 aromatic heterocycles. The lowest BCUT2D eigenvalue weighted by molar-refractivity contribution is 0.0690. The van der Waals surface area contributed by atoms with Crippen molar-refractivity contribution in [2.45, 2.75) is 26.2 Å². The first-order valence-corrected chi connectivity index (χ1v) is 9.67. The number of carbonyl (C=O) groups is 1. The Morgan fingerprint density at radius 3 is 2.64 bits per heavy atom. The van der Waals surface area contributed by atoms with Crippen molar-refractivity contribution in [1.29, 1.82) is 0 Å². The second kappa shape index (κ2) is 8.25. The van der Waals surface area contributed by atoms with Gasteiger partial charge >= 0.3 is 0 Å². The fourth-order valence-corrected chi connectivity index (χ4v) is 3.66. The average molecular weight is 376 g/mol. The normalized spacial score (nSPS) is 14.8. The maximum atomic E-state index is 12.9. The molecule has 4 rings (SSSR count). The van der Waals surface area contributed by atoms with Gasteiger partial charge < -0.3 is 14.7 Å². The minimum atomic E-state index is 0.0555. The molecule has 1 aromatic carbocycles. The Morgan fingerprint density at radius 1 is 1.14 bits per heavy atom. The number of anilines is 2. The molecule has 0 spiro atoms. The largest absolute Gasteiger partial charge is 0.360 e. The van der Waals surface area contributed by atoms with Crippen LogP contribution in [0.1, 0.15) is 34.5 Å². The zero-order chi connectivity index (χ0) is 19.3. The van der Waals surface area contributed by atoms with E-state index < -0.39 is 0 Å². The molecule has 1 N–H and O–H groups in total. The number of nitrogens with one attached hydrogen (secondary N) is 1. The van der Waals surface area contributed by atoms with E-state index in [-0.39, 0.29) is 5.91 Å². The highest BCUT2D eigenvalue weighted by Gasteiger charge is 2.24. The van der Waals surface area contributed by atoms with Crippen LogP contribution in [0.15, 0.2) is 59.3 Å². The quantitative estimate of drug-likeness (QED) is 0.722. The molecule has 0 unspecified atom stereocenters. The van der Waals surface area contributed by atoms with Crippen molar-refractivity contribution in [2.75, 3.05) is 18.4 Å². The number of rotatable bonds is 5. The molecular weight excluding hydrogens is 352 g/mol. The molecule has 0 atom stereocenters.